The van der Waals surface area contributed by atoms with Crippen LogP contribution >= 0.6 is 0 Å². The van der Waals surface area contributed by atoms with Gasteiger partial charge in [-0.2, -0.15) is 0 Å². The molecule has 1 N–H and O–H groups in total. The van der Waals surface area contributed by atoms with E-state index in [-0.39, 0.29) is 12.5 Å². The van der Waals surface area contributed by atoms with Crippen LogP contribution in [0.5, 0.6) is 0 Å². The summed E-state index contributed by atoms with van der Waals surface area (Å²) in [5.74, 6) is 0.140. The van der Waals surface area contributed by atoms with Gasteiger partial charge in [-0.15, -0.1) is 0 Å². The highest BCUT2D eigenvalue weighted by atomic mass is 16.5. The number of hydrogen-bond donors (Lipinski definition) is 1. The van der Waals surface area contributed by atoms with Crippen molar-refractivity contribution in [3.8, 4) is 0 Å². The number of aromatic nitrogens is 1. The van der Waals surface area contributed by atoms with Gasteiger partial charge in [-0.1, -0.05) is 5.16 Å². The van der Waals surface area contributed by atoms with Gasteiger partial charge < -0.3 is 9.26 Å². The van der Waals surface area contributed by atoms with Crippen molar-refractivity contribution < 1.29 is 14.1 Å². The van der Waals surface area contributed by atoms with E-state index in [9.17, 15) is 4.79 Å². The molecule has 1 amide bonds. The molecular formula is C8H12N2O3. The molecule has 0 aromatic carbocycles. The number of nitrogens with one attached hydrogen (secondary N) is 1. The molecule has 5 heteroatoms. The van der Waals surface area contributed by atoms with Crippen LogP contribution in [0.2, 0.25) is 0 Å². The van der Waals surface area contributed by atoms with Crippen LogP contribution < -0.4 is 5.32 Å². The maximum absolute atomic E-state index is 11.1. The van der Waals surface area contributed by atoms with Crippen LogP contribution in [0.1, 0.15) is 11.3 Å². The zero-order valence-corrected chi connectivity index (χ0v) is 7.88. The van der Waals surface area contributed by atoms with Crippen LogP contribution in [0.3, 0.4) is 0 Å². The van der Waals surface area contributed by atoms with Crippen molar-refractivity contribution in [3.05, 3.63) is 11.3 Å². The van der Waals surface area contributed by atoms with E-state index in [2.05, 4.69) is 15.2 Å². The maximum atomic E-state index is 11.1. The van der Waals surface area contributed by atoms with Crippen LogP contribution in [0.15, 0.2) is 4.52 Å². The fourth-order valence-electron chi connectivity index (χ4n) is 0.826. The molecule has 0 aliphatic heterocycles. The van der Waals surface area contributed by atoms with Gasteiger partial charge in [-0.05, 0) is 13.8 Å². The Bertz CT molecular complexity index is 306. The van der Waals surface area contributed by atoms with Crippen molar-refractivity contribution >= 4 is 11.8 Å². The molecule has 0 spiro atoms. The Morgan fingerprint density at radius 1 is 1.62 bits per heavy atom. The Kier molecular flexibility index (Phi) is 3.02. The Morgan fingerprint density at radius 2 is 2.31 bits per heavy atom. The number of ether oxygens (including phenoxy) is 1. The minimum atomic E-state index is -0.248. The Morgan fingerprint density at radius 3 is 2.77 bits per heavy atom. The third kappa shape index (κ3) is 2.29. The average molecular weight is 184 g/mol. The molecule has 72 valence electrons. The first-order valence-corrected chi connectivity index (χ1v) is 3.86. The summed E-state index contributed by atoms with van der Waals surface area (Å²) < 4.78 is 9.52. The Balaban J connectivity index is 2.64. The second-order valence-corrected chi connectivity index (χ2v) is 2.70. The van der Waals surface area contributed by atoms with Gasteiger partial charge in [0.1, 0.15) is 6.61 Å². The number of methoxy groups -OCH3 is 1. The highest BCUT2D eigenvalue weighted by molar-refractivity contribution is 5.90. The SMILES string of the molecule is COCC(=O)Nc1onc(C)c1C. The maximum Gasteiger partial charge on any atom is 0.252 e. The summed E-state index contributed by atoms with van der Waals surface area (Å²) in [7, 11) is 1.46. The summed E-state index contributed by atoms with van der Waals surface area (Å²) in [5.41, 5.74) is 1.61. The van der Waals surface area contributed by atoms with E-state index in [4.69, 9.17) is 4.52 Å². The Labute approximate surface area is 76.0 Å². The number of aryl methyl sites for hydroxylation is 1. The molecule has 0 radical (unpaired) electrons. The van der Waals surface area contributed by atoms with Crippen molar-refractivity contribution in [2.75, 3.05) is 19.0 Å². The first kappa shape index (κ1) is 9.73. The summed E-state index contributed by atoms with van der Waals surface area (Å²) in [5, 5.41) is 6.24. The van der Waals surface area contributed by atoms with E-state index in [1.807, 2.05) is 13.8 Å². The van der Waals surface area contributed by atoms with E-state index in [1.54, 1.807) is 0 Å². The van der Waals surface area contributed by atoms with Gasteiger partial charge in [-0.3, -0.25) is 10.1 Å². The average Bonchev–Trinajstić information content (AvgIpc) is 2.37. The van der Waals surface area contributed by atoms with Gasteiger partial charge in [0.2, 0.25) is 5.88 Å². The second kappa shape index (κ2) is 4.04. The predicted molar refractivity (Wildman–Crippen MR) is 46.5 cm³/mol. The van der Waals surface area contributed by atoms with Gasteiger partial charge in [0, 0.05) is 12.7 Å². The molecule has 0 saturated carbocycles. The van der Waals surface area contributed by atoms with E-state index in [0.29, 0.717) is 5.88 Å². The molecule has 5 nitrogen and oxygen atoms in total. The van der Waals surface area contributed by atoms with Crippen molar-refractivity contribution in [3.63, 3.8) is 0 Å². The quantitative estimate of drug-likeness (QED) is 0.757. The van der Waals surface area contributed by atoms with Gasteiger partial charge in [0.15, 0.2) is 0 Å². The highest BCUT2D eigenvalue weighted by Gasteiger charge is 2.10. The molecule has 0 fully saturated rings. The lowest BCUT2D eigenvalue weighted by Gasteiger charge is -1.99. The van der Waals surface area contributed by atoms with Crippen molar-refractivity contribution in [2.24, 2.45) is 0 Å². The number of rotatable bonds is 3. The smallest absolute Gasteiger partial charge is 0.252 e. The first-order chi connectivity index (χ1) is 6.15. The molecule has 13 heavy (non-hydrogen) atoms. The zero-order chi connectivity index (χ0) is 9.84. The third-order valence-electron chi connectivity index (χ3n) is 1.69. The number of anilines is 1. The minimum absolute atomic E-state index is 0.0131. The van der Waals surface area contributed by atoms with E-state index in [1.165, 1.54) is 7.11 Å². The van der Waals surface area contributed by atoms with Crippen molar-refractivity contribution in [1.82, 2.24) is 5.16 Å². The number of carbonyl (C=O) groups excluding carboxylic acids is 1. The van der Waals surface area contributed by atoms with Crippen LogP contribution in [0, 0.1) is 13.8 Å². The van der Waals surface area contributed by atoms with E-state index < -0.39 is 0 Å². The number of amides is 1. The van der Waals surface area contributed by atoms with Gasteiger partial charge >= 0.3 is 0 Å². The molecule has 0 saturated heterocycles. The van der Waals surface area contributed by atoms with E-state index >= 15 is 0 Å². The zero-order valence-electron chi connectivity index (χ0n) is 7.88. The minimum Gasteiger partial charge on any atom is -0.375 e. The number of nitrogens with zero attached hydrogens (tertiary/aromatic N) is 1. The lowest BCUT2D eigenvalue weighted by Crippen LogP contribution is -2.17. The molecule has 0 unspecified atom stereocenters. The van der Waals surface area contributed by atoms with Crippen LogP contribution in [-0.2, 0) is 9.53 Å². The molecule has 1 rings (SSSR count). The molecule has 0 bridgehead atoms. The largest absolute Gasteiger partial charge is 0.375 e. The standard InChI is InChI=1S/C8H12N2O3/c1-5-6(2)10-13-8(5)9-7(11)4-12-3/h4H2,1-3H3,(H,9,11). The van der Waals surface area contributed by atoms with Crippen molar-refractivity contribution in [1.29, 1.82) is 0 Å². The third-order valence-corrected chi connectivity index (χ3v) is 1.69. The summed E-state index contributed by atoms with van der Waals surface area (Å²) in [4.78, 5) is 11.1. The molecule has 1 heterocycles. The van der Waals surface area contributed by atoms with Crippen LogP contribution in [-0.4, -0.2) is 24.8 Å². The molecule has 0 atom stereocenters. The predicted octanol–water partition coefficient (Wildman–Crippen LogP) is 0.876. The lowest BCUT2D eigenvalue weighted by molar-refractivity contribution is -0.119. The molecule has 0 aliphatic rings. The molecule has 0 aliphatic carbocycles. The van der Waals surface area contributed by atoms with Crippen molar-refractivity contribution in [2.45, 2.75) is 13.8 Å². The lowest BCUT2D eigenvalue weighted by atomic mass is 10.3. The monoisotopic (exact) mass is 184 g/mol. The fraction of sp³-hybridized carbons (Fsp3) is 0.500. The Hall–Kier alpha value is -1.36. The topological polar surface area (TPSA) is 64.4 Å². The van der Waals surface area contributed by atoms with Gasteiger partial charge in [0.05, 0.1) is 5.69 Å². The van der Waals surface area contributed by atoms with Gasteiger partial charge in [-0.25, -0.2) is 0 Å². The number of carbonyl (C=O) groups is 1. The molecule has 1 aromatic rings. The summed E-state index contributed by atoms with van der Waals surface area (Å²) >= 11 is 0. The number of hydrogen-bond acceptors (Lipinski definition) is 4. The summed E-state index contributed by atoms with van der Waals surface area (Å²) in [6.07, 6.45) is 0. The summed E-state index contributed by atoms with van der Waals surface area (Å²) in [6.45, 7) is 3.65. The normalized spacial score (nSPS) is 10.1. The van der Waals surface area contributed by atoms with Crippen LogP contribution in [0.4, 0.5) is 5.88 Å². The van der Waals surface area contributed by atoms with Crippen LogP contribution in [0.25, 0.3) is 0 Å². The van der Waals surface area contributed by atoms with E-state index in [0.717, 1.165) is 11.3 Å². The molecule has 1 aromatic heterocycles. The molecular weight excluding hydrogens is 172 g/mol. The van der Waals surface area contributed by atoms with Gasteiger partial charge in [0.25, 0.3) is 5.91 Å². The second-order valence-electron chi connectivity index (χ2n) is 2.70. The fourth-order valence-corrected chi connectivity index (χ4v) is 0.826. The highest BCUT2D eigenvalue weighted by Crippen LogP contribution is 2.16. The summed E-state index contributed by atoms with van der Waals surface area (Å²) in [6, 6.07) is 0. The first-order valence-electron chi connectivity index (χ1n) is 3.86.